The van der Waals surface area contributed by atoms with Crippen LogP contribution in [0.3, 0.4) is 0 Å². The average molecular weight is 499 g/mol. The van der Waals surface area contributed by atoms with Crippen LogP contribution in [0, 0.1) is 0 Å². The number of hydrogen-bond donors (Lipinski definition) is 1. The standard InChI is InChI=1S/C21H17BrClN7O/c1-12(19-25-5-2-6-26-19)30(11-16-4-3-15(23)10-27-16)21(31)14-7-13-8-17(22)18(24)29-20(13)28-9-14/h2-10,12H,11H2,1H3,(H2,24,28,29). The number of amides is 1. The molecule has 1 unspecified atom stereocenters. The second kappa shape index (κ2) is 8.91. The minimum absolute atomic E-state index is 0.237. The van der Waals surface area contributed by atoms with E-state index < -0.39 is 6.04 Å². The molecule has 4 aromatic heterocycles. The number of hydrogen-bond acceptors (Lipinski definition) is 7. The van der Waals surface area contributed by atoms with Gasteiger partial charge >= 0.3 is 0 Å². The van der Waals surface area contributed by atoms with Crippen molar-refractivity contribution >= 4 is 50.3 Å². The van der Waals surface area contributed by atoms with Crippen molar-refractivity contribution in [3.63, 3.8) is 0 Å². The number of halogens is 2. The van der Waals surface area contributed by atoms with Crippen molar-refractivity contribution in [2.24, 2.45) is 0 Å². The lowest BCUT2D eigenvalue weighted by Gasteiger charge is -2.28. The van der Waals surface area contributed by atoms with Gasteiger partial charge in [-0.2, -0.15) is 0 Å². The van der Waals surface area contributed by atoms with Gasteiger partial charge in [0.2, 0.25) is 0 Å². The summed E-state index contributed by atoms with van der Waals surface area (Å²) in [6.07, 6.45) is 6.33. The molecule has 4 rings (SSSR count). The zero-order valence-electron chi connectivity index (χ0n) is 16.4. The fourth-order valence-corrected chi connectivity index (χ4v) is 3.51. The molecule has 1 atom stereocenters. The highest BCUT2D eigenvalue weighted by molar-refractivity contribution is 9.10. The Labute approximate surface area is 191 Å². The average Bonchev–Trinajstić information content (AvgIpc) is 2.79. The number of fused-ring (bicyclic) bond motifs is 1. The summed E-state index contributed by atoms with van der Waals surface area (Å²) in [7, 11) is 0. The summed E-state index contributed by atoms with van der Waals surface area (Å²) in [6, 6.07) is 8.37. The fourth-order valence-electron chi connectivity index (χ4n) is 3.06. The molecule has 0 bridgehead atoms. The maximum Gasteiger partial charge on any atom is 0.256 e. The van der Waals surface area contributed by atoms with Crippen molar-refractivity contribution in [1.29, 1.82) is 0 Å². The summed E-state index contributed by atoms with van der Waals surface area (Å²) in [5.74, 6) is 0.624. The lowest BCUT2D eigenvalue weighted by Crippen LogP contribution is -2.34. The van der Waals surface area contributed by atoms with E-state index in [0.717, 1.165) is 0 Å². The Kier molecular flexibility index (Phi) is 6.06. The minimum Gasteiger partial charge on any atom is -0.383 e. The molecule has 4 aromatic rings. The zero-order valence-corrected chi connectivity index (χ0v) is 18.7. The summed E-state index contributed by atoms with van der Waals surface area (Å²) in [5.41, 5.74) is 7.38. The molecule has 31 heavy (non-hydrogen) atoms. The number of carbonyl (C=O) groups excluding carboxylic acids is 1. The highest BCUT2D eigenvalue weighted by atomic mass is 79.9. The Bertz CT molecular complexity index is 1240. The second-order valence-corrected chi connectivity index (χ2v) is 8.10. The van der Waals surface area contributed by atoms with Crippen molar-refractivity contribution in [3.8, 4) is 0 Å². The van der Waals surface area contributed by atoms with Crippen LogP contribution in [0.5, 0.6) is 0 Å². The molecule has 156 valence electrons. The van der Waals surface area contributed by atoms with Crippen molar-refractivity contribution in [3.05, 3.63) is 81.7 Å². The van der Waals surface area contributed by atoms with Gasteiger partial charge in [-0.3, -0.25) is 9.78 Å². The molecule has 0 aromatic carbocycles. The van der Waals surface area contributed by atoms with E-state index in [9.17, 15) is 4.79 Å². The Morgan fingerprint density at radius 1 is 1.16 bits per heavy atom. The third kappa shape index (κ3) is 4.62. The number of nitrogens with two attached hydrogens (primary N) is 1. The highest BCUT2D eigenvalue weighted by Gasteiger charge is 2.26. The Morgan fingerprint density at radius 3 is 2.65 bits per heavy atom. The molecule has 10 heteroatoms. The molecular formula is C21H17BrClN7O. The summed E-state index contributed by atoms with van der Waals surface area (Å²) in [4.78, 5) is 36.7. The summed E-state index contributed by atoms with van der Waals surface area (Å²) in [6.45, 7) is 2.12. The number of nitrogens with zero attached hydrogens (tertiary/aromatic N) is 6. The van der Waals surface area contributed by atoms with Gasteiger partial charge in [0, 0.05) is 30.2 Å². The second-order valence-electron chi connectivity index (χ2n) is 6.81. The third-order valence-corrected chi connectivity index (χ3v) is 5.56. The predicted octanol–water partition coefficient (Wildman–Crippen LogP) is 4.22. The van der Waals surface area contributed by atoms with Crippen molar-refractivity contribution < 1.29 is 4.79 Å². The minimum atomic E-state index is -0.404. The molecule has 0 saturated carbocycles. The number of anilines is 1. The number of rotatable bonds is 5. The largest absolute Gasteiger partial charge is 0.383 e. The normalized spacial score (nSPS) is 12.0. The molecule has 0 spiro atoms. The quantitative estimate of drug-likeness (QED) is 0.438. The molecule has 0 aliphatic carbocycles. The summed E-state index contributed by atoms with van der Waals surface area (Å²) < 4.78 is 0.639. The maximum absolute atomic E-state index is 13.5. The zero-order chi connectivity index (χ0) is 22.0. The van der Waals surface area contributed by atoms with E-state index in [1.807, 2.05) is 6.92 Å². The van der Waals surface area contributed by atoms with Crippen LogP contribution in [0.4, 0.5) is 5.82 Å². The third-order valence-electron chi connectivity index (χ3n) is 4.70. The van der Waals surface area contributed by atoms with Gasteiger partial charge in [-0.1, -0.05) is 11.6 Å². The molecule has 0 aliphatic heterocycles. The SMILES string of the molecule is CC(c1ncccn1)N(Cc1ccc(Cl)cn1)C(=O)c1cnc2nc(N)c(Br)cc2c1. The van der Waals surface area contributed by atoms with Gasteiger partial charge in [-0.15, -0.1) is 0 Å². The predicted molar refractivity (Wildman–Crippen MR) is 121 cm³/mol. The topological polar surface area (TPSA) is 111 Å². The fraction of sp³-hybridized carbons (Fsp3) is 0.143. The summed E-state index contributed by atoms with van der Waals surface area (Å²) >= 11 is 9.32. The maximum atomic E-state index is 13.5. The lowest BCUT2D eigenvalue weighted by molar-refractivity contribution is 0.0663. The summed E-state index contributed by atoms with van der Waals surface area (Å²) in [5, 5.41) is 1.22. The first-order valence-corrected chi connectivity index (χ1v) is 10.5. The van der Waals surface area contributed by atoms with E-state index in [0.29, 0.717) is 43.4 Å². The van der Waals surface area contributed by atoms with E-state index in [4.69, 9.17) is 17.3 Å². The smallest absolute Gasteiger partial charge is 0.256 e. The van der Waals surface area contributed by atoms with Gasteiger partial charge in [-0.25, -0.2) is 19.9 Å². The van der Waals surface area contributed by atoms with Crippen LogP contribution < -0.4 is 5.73 Å². The van der Waals surface area contributed by atoms with Gasteiger partial charge in [0.15, 0.2) is 5.65 Å². The van der Waals surface area contributed by atoms with E-state index in [1.165, 1.54) is 6.20 Å². The van der Waals surface area contributed by atoms with Crippen LogP contribution in [0.2, 0.25) is 5.02 Å². The van der Waals surface area contributed by atoms with Crippen molar-refractivity contribution in [1.82, 2.24) is 29.8 Å². The molecule has 8 nitrogen and oxygen atoms in total. The van der Waals surface area contributed by atoms with Gasteiger partial charge in [0.1, 0.15) is 11.6 Å². The first-order chi connectivity index (χ1) is 14.9. The molecule has 2 N–H and O–H groups in total. The Balaban J connectivity index is 1.72. The van der Waals surface area contributed by atoms with E-state index in [1.54, 1.807) is 53.8 Å². The molecule has 1 amide bonds. The molecular weight excluding hydrogens is 482 g/mol. The molecule has 0 saturated heterocycles. The Morgan fingerprint density at radius 2 is 1.94 bits per heavy atom. The van der Waals surface area contributed by atoms with Crippen LogP contribution in [0.25, 0.3) is 11.0 Å². The molecule has 0 radical (unpaired) electrons. The van der Waals surface area contributed by atoms with E-state index >= 15 is 0 Å². The Hall–Kier alpha value is -3.17. The highest BCUT2D eigenvalue weighted by Crippen LogP contribution is 2.25. The first kappa shape index (κ1) is 21.1. The van der Waals surface area contributed by atoms with Crippen molar-refractivity contribution in [2.45, 2.75) is 19.5 Å². The first-order valence-electron chi connectivity index (χ1n) is 9.32. The van der Waals surface area contributed by atoms with Gasteiger partial charge < -0.3 is 10.6 Å². The van der Waals surface area contributed by atoms with Crippen LogP contribution in [0.1, 0.15) is 34.8 Å². The van der Waals surface area contributed by atoms with Gasteiger partial charge in [-0.05, 0) is 53.2 Å². The van der Waals surface area contributed by atoms with Crippen LogP contribution >= 0.6 is 27.5 Å². The van der Waals surface area contributed by atoms with Gasteiger partial charge in [0.25, 0.3) is 5.91 Å². The molecule has 4 heterocycles. The number of pyridine rings is 3. The monoisotopic (exact) mass is 497 g/mol. The number of nitrogen functional groups attached to an aromatic ring is 1. The number of carbonyl (C=O) groups is 1. The van der Waals surface area contributed by atoms with E-state index in [-0.39, 0.29) is 12.5 Å². The van der Waals surface area contributed by atoms with Crippen LogP contribution in [-0.2, 0) is 6.54 Å². The molecule has 0 aliphatic rings. The van der Waals surface area contributed by atoms with Crippen LogP contribution in [-0.4, -0.2) is 35.7 Å². The molecule has 0 fully saturated rings. The van der Waals surface area contributed by atoms with Crippen molar-refractivity contribution in [2.75, 3.05) is 5.73 Å². The van der Waals surface area contributed by atoms with Crippen LogP contribution in [0.15, 0.2) is 59.6 Å². The lowest BCUT2D eigenvalue weighted by atomic mass is 10.1. The van der Waals surface area contributed by atoms with Gasteiger partial charge in [0.05, 0.1) is 33.3 Å². The number of aromatic nitrogens is 5. The van der Waals surface area contributed by atoms with E-state index in [2.05, 4.69) is 40.8 Å².